The first kappa shape index (κ1) is 30.4. The molecule has 6 aliphatic rings. The van der Waals surface area contributed by atoms with Crippen molar-refractivity contribution in [3.05, 3.63) is 29.3 Å². The fraction of sp³-hybridized carbons (Fsp3) is 0.781. The highest BCUT2D eigenvalue weighted by Crippen LogP contribution is 2.60. The lowest BCUT2D eigenvalue weighted by atomic mass is 9.64. The fourth-order valence-electron chi connectivity index (χ4n) is 8.36. The highest BCUT2D eigenvalue weighted by molar-refractivity contribution is 6.74. The number of benzene rings is 1. The lowest BCUT2D eigenvalue weighted by Gasteiger charge is -2.44. The number of hydrogen-bond acceptors (Lipinski definition) is 4. The summed E-state index contributed by atoms with van der Waals surface area (Å²) in [6.07, 6.45) is 9.02. The molecule has 5 atom stereocenters. The van der Waals surface area contributed by atoms with Crippen molar-refractivity contribution in [2.75, 3.05) is 26.2 Å². The van der Waals surface area contributed by atoms with Crippen LogP contribution in [-0.2, 0) is 16.6 Å². The fourth-order valence-corrected chi connectivity index (χ4v) is 9.55. The SMILES string of the molecule is CC(C)(C)[Si](C)(C)Oc1ccc2c(c1)C13CC[C@@H]4CN(C(=O)OCC(Cl)(Cl)Cl)C(CCC(C2)N(CC2CC2)CC1)C43. The number of ether oxygens (including phenoxy) is 1. The van der Waals surface area contributed by atoms with Gasteiger partial charge in [-0.1, -0.05) is 61.6 Å². The van der Waals surface area contributed by atoms with Crippen molar-refractivity contribution < 1.29 is 14.0 Å². The number of fused-ring (bicyclic) bond motifs is 3. The third-order valence-corrected chi connectivity index (χ3v) is 16.2. The number of rotatable bonds is 5. The van der Waals surface area contributed by atoms with Crippen LogP contribution in [0.15, 0.2) is 18.2 Å². The van der Waals surface area contributed by atoms with E-state index in [1.54, 1.807) is 0 Å². The summed E-state index contributed by atoms with van der Waals surface area (Å²) in [6, 6.07) is 7.69. The van der Waals surface area contributed by atoms with Crippen LogP contribution < -0.4 is 4.43 Å². The van der Waals surface area contributed by atoms with E-state index in [0.29, 0.717) is 17.9 Å². The van der Waals surface area contributed by atoms with Crippen molar-refractivity contribution in [2.24, 2.45) is 17.8 Å². The van der Waals surface area contributed by atoms with E-state index >= 15 is 0 Å². The van der Waals surface area contributed by atoms with Crippen LogP contribution in [0.4, 0.5) is 4.79 Å². The Morgan fingerprint density at radius 2 is 1.83 bits per heavy atom. The van der Waals surface area contributed by atoms with E-state index in [2.05, 4.69) is 57.0 Å². The topological polar surface area (TPSA) is 42.0 Å². The Balaban J connectivity index is 1.40. The molecule has 4 unspecified atom stereocenters. The quantitative estimate of drug-likeness (QED) is 0.239. The molecule has 9 heteroatoms. The van der Waals surface area contributed by atoms with Gasteiger partial charge in [0.15, 0.2) is 0 Å². The molecule has 4 fully saturated rings. The monoisotopic (exact) mass is 640 g/mol. The molecule has 41 heavy (non-hydrogen) atoms. The van der Waals surface area contributed by atoms with Gasteiger partial charge in [-0.25, -0.2) is 4.79 Å². The Bertz CT molecular complexity index is 1160. The molecule has 2 saturated carbocycles. The summed E-state index contributed by atoms with van der Waals surface area (Å²) in [5, 5.41) is 0.134. The van der Waals surface area contributed by atoms with Crippen LogP contribution in [0.3, 0.4) is 0 Å². The molecule has 0 radical (unpaired) electrons. The minimum Gasteiger partial charge on any atom is -0.543 e. The van der Waals surface area contributed by atoms with E-state index in [-0.39, 0.29) is 29.2 Å². The second kappa shape index (κ2) is 10.7. The second-order valence-corrected chi connectivity index (χ2v) is 22.4. The average Bonchev–Trinajstić information content (AvgIpc) is 3.47. The van der Waals surface area contributed by atoms with Gasteiger partial charge in [0, 0.05) is 30.6 Å². The summed E-state index contributed by atoms with van der Waals surface area (Å²) < 4.78 is 10.9. The minimum absolute atomic E-state index is 0.0266. The number of hydrogen-bond donors (Lipinski definition) is 0. The number of amides is 1. The van der Waals surface area contributed by atoms with Crippen molar-refractivity contribution >= 4 is 49.2 Å². The predicted octanol–water partition coefficient (Wildman–Crippen LogP) is 8.35. The third kappa shape index (κ3) is 5.91. The summed E-state index contributed by atoms with van der Waals surface area (Å²) >= 11 is 17.9. The van der Waals surface area contributed by atoms with Crippen molar-refractivity contribution in [3.8, 4) is 5.75 Å². The van der Waals surface area contributed by atoms with Gasteiger partial charge in [-0.2, -0.15) is 0 Å². The van der Waals surface area contributed by atoms with Gasteiger partial charge in [-0.3, -0.25) is 4.90 Å². The average molecular weight is 642 g/mol. The molecule has 3 aliphatic carbocycles. The minimum atomic E-state index is -1.99. The van der Waals surface area contributed by atoms with Crippen LogP contribution in [0.2, 0.25) is 18.1 Å². The van der Waals surface area contributed by atoms with Gasteiger partial charge in [0.25, 0.3) is 0 Å². The molecule has 228 valence electrons. The van der Waals surface area contributed by atoms with E-state index in [0.717, 1.165) is 56.9 Å². The Morgan fingerprint density at radius 3 is 2.51 bits per heavy atom. The van der Waals surface area contributed by atoms with E-state index in [4.69, 9.17) is 44.0 Å². The molecule has 0 aromatic heterocycles. The van der Waals surface area contributed by atoms with Crippen molar-refractivity contribution in [1.29, 1.82) is 0 Å². The highest BCUT2D eigenvalue weighted by atomic mass is 35.6. The second-order valence-electron chi connectivity index (χ2n) is 15.2. The molecular formula is C32H47Cl3N2O3Si. The summed E-state index contributed by atoms with van der Waals surface area (Å²) in [6.45, 7) is 14.4. The van der Waals surface area contributed by atoms with Gasteiger partial charge in [0.2, 0.25) is 12.1 Å². The van der Waals surface area contributed by atoms with Gasteiger partial charge >= 0.3 is 6.09 Å². The maximum Gasteiger partial charge on any atom is 0.410 e. The first-order valence-corrected chi connectivity index (χ1v) is 19.8. The number of nitrogens with zero attached hydrogens (tertiary/aromatic N) is 2. The number of carbonyl (C=O) groups excluding carboxylic acids is 1. The molecule has 1 aromatic carbocycles. The first-order chi connectivity index (χ1) is 19.2. The number of halogens is 3. The zero-order chi connectivity index (χ0) is 29.4. The van der Waals surface area contributed by atoms with Gasteiger partial charge in [-0.15, -0.1) is 0 Å². The summed E-state index contributed by atoms with van der Waals surface area (Å²) in [7, 11) is -1.99. The molecule has 3 heterocycles. The number of likely N-dealkylation sites (tertiary alicyclic amines) is 1. The molecule has 1 aromatic rings. The standard InChI is InChI=1S/C32H47Cl3N2O3Si/c1-30(2,3)41(4,5)40-25-10-8-22-16-24-9-11-27-28-23(19-37(27)29(38)39-20-32(33,34)35)12-13-31(28,26(22)17-25)14-15-36(24)18-21-6-7-21/h8,10,17,21,23-24,27-28H,6-7,9,11-16,18-20H2,1-5H3/t23-,24?,27?,28?,31?/m1/s1. The van der Waals surface area contributed by atoms with E-state index in [1.807, 2.05) is 4.90 Å². The van der Waals surface area contributed by atoms with Gasteiger partial charge in [0.05, 0.1) is 0 Å². The van der Waals surface area contributed by atoms with Gasteiger partial charge in [-0.05, 0) is 117 Å². The van der Waals surface area contributed by atoms with E-state index in [9.17, 15) is 4.79 Å². The molecule has 0 N–H and O–H groups in total. The van der Waals surface area contributed by atoms with Crippen LogP contribution in [0, 0.1) is 17.8 Å². The number of carbonyl (C=O) groups is 1. The smallest absolute Gasteiger partial charge is 0.410 e. The first-order valence-electron chi connectivity index (χ1n) is 15.7. The lowest BCUT2D eigenvalue weighted by molar-refractivity contribution is 0.0861. The predicted molar refractivity (Wildman–Crippen MR) is 170 cm³/mol. The molecule has 2 bridgehead atoms. The van der Waals surface area contributed by atoms with Crippen molar-refractivity contribution in [3.63, 3.8) is 0 Å². The molecular weight excluding hydrogens is 595 g/mol. The van der Waals surface area contributed by atoms with E-state index < -0.39 is 12.1 Å². The molecule has 3 aliphatic heterocycles. The molecule has 7 rings (SSSR count). The summed E-state index contributed by atoms with van der Waals surface area (Å²) in [4.78, 5) is 18.3. The zero-order valence-electron chi connectivity index (χ0n) is 25.4. The highest BCUT2D eigenvalue weighted by Gasteiger charge is 2.60. The lowest BCUT2D eigenvalue weighted by Crippen LogP contribution is -2.47. The Kier molecular flexibility index (Phi) is 7.96. The van der Waals surface area contributed by atoms with Crippen LogP contribution in [0.25, 0.3) is 0 Å². The maximum absolute atomic E-state index is 13.5. The summed E-state index contributed by atoms with van der Waals surface area (Å²) in [5.41, 5.74) is 3.02. The normalized spacial score (nSPS) is 32.0. The van der Waals surface area contributed by atoms with Crippen LogP contribution in [0.1, 0.15) is 76.8 Å². The largest absolute Gasteiger partial charge is 0.543 e. The zero-order valence-corrected chi connectivity index (χ0v) is 28.6. The Hall–Kier alpha value is -0.663. The van der Waals surface area contributed by atoms with Crippen molar-refractivity contribution in [1.82, 2.24) is 9.80 Å². The third-order valence-electron chi connectivity index (χ3n) is 11.5. The molecule has 1 amide bonds. The van der Waals surface area contributed by atoms with Crippen LogP contribution >= 0.6 is 34.8 Å². The number of alkyl halides is 3. The Morgan fingerprint density at radius 1 is 1.07 bits per heavy atom. The van der Waals surface area contributed by atoms with Crippen LogP contribution in [-0.4, -0.2) is 66.3 Å². The summed E-state index contributed by atoms with van der Waals surface area (Å²) in [5.74, 6) is 2.75. The van der Waals surface area contributed by atoms with Crippen LogP contribution in [0.5, 0.6) is 5.75 Å². The van der Waals surface area contributed by atoms with Gasteiger partial charge < -0.3 is 14.1 Å². The van der Waals surface area contributed by atoms with Crippen molar-refractivity contribution in [2.45, 2.75) is 112 Å². The maximum atomic E-state index is 13.5. The Labute approximate surface area is 262 Å². The molecule has 5 nitrogen and oxygen atoms in total. The van der Waals surface area contributed by atoms with E-state index in [1.165, 1.54) is 36.9 Å². The van der Waals surface area contributed by atoms with Gasteiger partial charge in [0.1, 0.15) is 12.4 Å². The molecule has 1 spiro atoms. The molecule has 2 saturated heterocycles.